The van der Waals surface area contributed by atoms with E-state index in [4.69, 9.17) is 0 Å². The molecule has 2 aliphatic rings. The van der Waals surface area contributed by atoms with Gasteiger partial charge in [0.2, 0.25) is 0 Å². The number of sulfone groups is 1. The summed E-state index contributed by atoms with van der Waals surface area (Å²) in [6.07, 6.45) is 7.45. The molecule has 2 atom stereocenters. The number of hydrogen-bond acceptors (Lipinski definition) is 4. The predicted molar refractivity (Wildman–Crippen MR) is 59.7 cm³/mol. The van der Waals surface area contributed by atoms with Crippen molar-refractivity contribution in [2.24, 2.45) is 0 Å². The van der Waals surface area contributed by atoms with Crippen LogP contribution >= 0.6 is 23.5 Å². The Morgan fingerprint density at radius 2 is 1.46 bits per heavy atom. The predicted octanol–water partition coefficient (Wildman–Crippen LogP) is 1.66. The lowest BCUT2D eigenvalue weighted by Crippen LogP contribution is -2.23. The first-order valence-corrected chi connectivity index (χ1v) is 7.71. The first-order chi connectivity index (χ1) is 6.21. The van der Waals surface area contributed by atoms with Gasteiger partial charge in [-0.15, -0.1) is 23.5 Å². The molecule has 0 fully saturated rings. The highest BCUT2D eigenvalue weighted by molar-refractivity contribution is 8.21. The highest BCUT2D eigenvalue weighted by Crippen LogP contribution is 2.34. The van der Waals surface area contributed by atoms with Crippen LogP contribution in [-0.4, -0.2) is 29.1 Å². The monoisotopic (exact) mass is 234 g/mol. The molecule has 0 aromatic carbocycles. The van der Waals surface area contributed by atoms with E-state index in [0.29, 0.717) is 0 Å². The van der Waals surface area contributed by atoms with Crippen LogP contribution in [0.15, 0.2) is 24.3 Å². The molecule has 5 heteroatoms. The third-order valence-corrected chi connectivity index (χ3v) is 7.72. The number of rotatable bonds is 2. The van der Waals surface area contributed by atoms with Gasteiger partial charge in [0, 0.05) is 11.5 Å². The normalized spacial score (nSPS) is 32.9. The molecule has 13 heavy (non-hydrogen) atoms. The third kappa shape index (κ3) is 1.82. The largest absolute Gasteiger partial charge is 0.226 e. The van der Waals surface area contributed by atoms with Crippen molar-refractivity contribution in [3.63, 3.8) is 0 Å². The molecular weight excluding hydrogens is 224 g/mol. The molecule has 2 unspecified atom stereocenters. The second-order valence-electron chi connectivity index (χ2n) is 2.85. The number of hydrogen-bond donors (Lipinski definition) is 0. The number of thioether (sulfide) groups is 2. The molecule has 0 amide bonds. The van der Waals surface area contributed by atoms with Crippen LogP contribution in [-0.2, 0) is 9.84 Å². The van der Waals surface area contributed by atoms with Gasteiger partial charge in [-0.1, -0.05) is 24.3 Å². The Morgan fingerprint density at radius 1 is 1.00 bits per heavy atom. The summed E-state index contributed by atoms with van der Waals surface area (Å²) in [5.41, 5.74) is 0. The van der Waals surface area contributed by atoms with Gasteiger partial charge in [-0.3, -0.25) is 0 Å². The first-order valence-electron chi connectivity index (χ1n) is 4.00. The van der Waals surface area contributed by atoms with Crippen LogP contribution in [0.4, 0.5) is 0 Å². The lowest BCUT2D eigenvalue weighted by atomic mass is 10.6. The summed E-state index contributed by atoms with van der Waals surface area (Å²) in [6, 6.07) is 0. The molecule has 0 bridgehead atoms. The molecule has 2 nitrogen and oxygen atoms in total. The van der Waals surface area contributed by atoms with Crippen LogP contribution in [0.25, 0.3) is 0 Å². The Morgan fingerprint density at radius 3 is 1.77 bits per heavy atom. The average molecular weight is 234 g/mol. The van der Waals surface area contributed by atoms with E-state index in [-0.39, 0.29) is 9.16 Å². The van der Waals surface area contributed by atoms with Crippen LogP contribution in [0.3, 0.4) is 0 Å². The van der Waals surface area contributed by atoms with Crippen molar-refractivity contribution >= 4 is 33.4 Å². The molecule has 0 aromatic heterocycles. The van der Waals surface area contributed by atoms with Crippen molar-refractivity contribution in [1.82, 2.24) is 0 Å². The first kappa shape index (κ1) is 9.68. The molecular formula is C8H10O2S3. The summed E-state index contributed by atoms with van der Waals surface area (Å²) in [5, 5.41) is 0. The van der Waals surface area contributed by atoms with E-state index in [1.807, 2.05) is 12.2 Å². The maximum absolute atomic E-state index is 11.9. The maximum atomic E-state index is 11.9. The SMILES string of the molecule is O=S(=O)(C1C=CCS1)C1C=CCS1. The summed E-state index contributed by atoms with van der Waals surface area (Å²) in [6.45, 7) is 0. The minimum absolute atomic E-state index is 0.312. The quantitative estimate of drug-likeness (QED) is 0.681. The van der Waals surface area contributed by atoms with E-state index < -0.39 is 9.84 Å². The van der Waals surface area contributed by atoms with Crippen molar-refractivity contribution in [3.05, 3.63) is 24.3 Å². The van der Waals surface area contributed by atoms with E-state index in [9.17, 15) is 8.42 Å². The van der Waals surface area contributed by atoms with Gasteiger partial charge in [-0.2, -0.15) is 0 Å². The second-order valence-corrected chi connectivity index (χ2v) is 7.99. The molecule has 72 valence electrons. The van der Waals surface area contributed by atoms with Gasteiger partial charge in [0.25, 0.3) is 0 Å². The fraction of sp³-hybridized carbons (Fsp3) is 0.500. The van der Waals surface area contributed by atoms with Gasteiger partial charge in [0.05, 0.1) is 0 Å². The Kier molecular flexibility index (Phi) is 2.76. The summed E-state index contributed by atoms with van der Waals surface area (Å²) in [7, 11) is -2.99. The molecule has 0 N–H and O–H groups in total. The van der Waals surface area contributed by atoms with E-state index >= 15 is 0 Å². The molecule has 0 aliphatic carbocycles. The molecule has 0 aromatic rings. The summed E-state index contributed by atoms with van der Waals surface area (Å²) in [5.74, 6) is 1.65. The fourth-order valence-corrected chi connectivity index (χ4v) is 6.40. The van der Waals surface area contributed by atoms with E-state index in [1.54, 1.807) is 12.2 Å². The molecule has 2 aliphatic heterocycles. The van der Waals surface area contributed by atoms with E-state index in [0.717, 1.165) is 11.5 Å². The van der Waals surface area contributed by atoms with Gasteiger partial charge in [0.1, 0.15) is 9.16 Å². The zero-order valence-electron chi connectivity index (χ0n) is 6.92. The van der Waals surface area contributed by atoms with Crippen LogP contribution < -0.4 is 0 Å². The topological polar surface area (TPSA) is 34.1 Å². The van der Waals surface area contributed by atoms with Crippen LogP contribution in [0.5, 0.6) is 0 Å². The Labute approximate surface area is 86.8 Å². The summed E-state index contributed by atoms with van der Waals surface area (Å²) < 4.78 is 23.2. The zero-order chi connectivity index (χ0) is 9.31. The Bertz CT molecular complexity index is 314. The van der Waals surface area contributed by atoms with E-state index in [1.165, 1.54) is 23.5 Å². The van der Waals surface area contributed by atoms with Gasteiger partial charge in [-0.25, -0.2) is 8.42 Å². The van der Waals surface area contributed by atoms with E-state index in [2.05, 4.69) is 0 Å². The third-order valence-electron chi connectivity index (χ3n) is 1.95. The Balaban J connectivity index is 2.19. The molecule has 0 saturated carbocycles. The van der Waals surface area contributed by atoms with Crippen LogP contribution in [0.1, 0.15) is 0 Å². The minimum Gasteiger partial charge on any atom is -0.226 e. The van der Waals surface area contributed by atoms with Crippen molar-refractivity contribution in [2.45, 2.75) is 9.16 Å². The lowest BCUT2D eigenvalue weighted by molar-refractivity contribution is 0.598. The van der Waals surface area contributed by atoms with Gasteiger partial charge < -0.3 is 0 Å². The van der Waals surface area contributed by atoms with Crippen molar-refractivity contribution < 1.29 is 8.42 Å². The minimum atomic E-state index is -2.99. The van der Waals surface area contributed by atoms with Gasteiger partial charge in [0.15, 0.2) is 9.84 Å². The van der Waals surface area contributed by atoms with Crippen LogP contribution in [0.2, 0.25) is 0 Å². The molecule has 2 heterocycles. The van der Waals surface area contributed by atoms with Gasteiger partial charge >= 0.3 is 0 Å². The summed E-state index contributed by atoms with van der Waals surface area (Å²) in [4.78, 5) is 0. The fourth-order valence-electron chi connectivity index (χ4n) is 1.29. The van der Waals surface area contributed by atoms with Gasteiger partial charge in [-0.05, 0) is 0 Å². The highest BCUT2D eigenvalue weighted by Gasteiger charge is 2.34. The molecule has 0 saturated heterocycles. The molecule has 0 radical (unpaired) electrons. The second kappa shape index (κ2) is 3.71. The Hall–Kier alpha value is 0.130. The smallest absolute Gasteiger partial charge is 0.181 e. The molecule has 2 rings (SSSR count). The average Bonchev–Trinajstić information content (AvgIpc) is 2.78. The van der Waals surface area contributed by atoms with Crippen molar-refractivity contribution in [1.29, 1.82) is 0 Å². The molecule has 0 spiro atoms. The standard InChI is InChI=1S/C8H10O2S3/c9-13(10,7-3-1-5-11-7)8-4-2-6-12-8/h1-4,7-8H,5-6H2. The van der Waals surface area contributed by atoms with Crippen molar-refractivity contribution in [3.8, 4) is 0 Å². The lowest BCUT2D eigenvalue weighted by Gasteiger charge is -2.13. The zero-order valence-corrected chi connectivity index (χ0v) is 9.37. The maximum Gasteiger partial charge on any atom is 0.181 e. The highest BCUT2D eigenvalue weighted by atomic mass is 32.3. The van der Waals surface area contributed by atoms with Crippen molar-refractivity contribution in [2.75, 3.05) is 11.5 Å². The summed E-state index contributed by atoms with van der Waals surface area (Å²) >= 11 is 2.98. The van der Waals surface area contributed by atoms with Crippen LogP contribution in [0, 0.1) is 0 Å².